The van der Waals surface area contributed by atoms with Crippen LogP contribution in [-0.2, 0) is 11.2 Å². The molecule has 0 bridgehead atoms. The third kappa shape index (κ3) is 3.54. The molecule has 1 heterocycles. The highest BCUT2D eigenvalue weighted by atomic mass is 16.5. The Morgan fingerprint density at radius 3 is 2.42 bits per heavy atom. The molecule has 2 N–H and O–H groups in total. The van der Waals surface area contributed by atoms with E-state index in [0.717, 1.165) is 18.7 Å². The molecule has 0 saturated carbocycles. The van der Waals surface area contributed by atoms with Crippen molar-refractivity contribution >= 4 is 0 Å². The average molecular weight is 268 g/mol. The fraction of sp³-hybridized carbons (Fsp3) is 0.857. The molecule has 1 rings (SSSR count). The molecule has 1 aromatic heterocycles. The van der Waals surface area contributed by atoms with Crippen molar-refractivity contribution in [2.45, 2.75) is 71.6 Å². The lowest BCUT2D eigenvalue weighted by Crippen LogP contribution is -2.51. The number of nitrogens with two attached hydrogens (primary N) is 1. The molecule has 0 aliphatic rings. The Morgan fingerprint density at radius 2 is 1.95 bits per heavy atom. The molecule has 110 valence electrons. The van der Waals surface area contributed by atoms with Crippen molar-refractivity contribution in [3.63, 3.8) is 0 Å². The molecule has 1 atom stereocenters. The lowest BCUT2D eigenvalue weighted by atomic mass is 9.86. The van der Waals surface area contributed by atoms with Crippen LogP contribution < -0.4 is 5.73 Å². The van der Waals surface area contributed by atoms with Crippen LogP contribution in [0.3, 0.4) is 0 Å². The van der Waals surface area contributed by atoms with Crippen LogP contribution in [0.15, 0.2) is 6.33 Å². The largest absolute Gasteiger partial charge is 0.374 e. The van der Waals surface area contributed by atoms with Crippen LogP contribution in [0.1, 0.15) is 59.3 Å². The van der Waals surface area contributed by atoms with Crippen LogP contribution in [0.2, 0.25) is 0 Å². The minimum atomic E-state index is -0.261. The summed E-state index contributed by atoms with van der Waals surface area (Å²) in [6.45, 7) is 11.2. The fourth-order valence-electron chi connectivity index (χ4n) is 2.61. The zero-order chi connectivity index (χ0) is 14.5. The van der Waals surface area contributed by atoms with Crippen molar-refractivity contribution in [2.24, 2.45) is 5.73 Å². The normalized spacial score (nSPS) is 14.1. The summed E-state index contributed by atoms with van der Waals surface area (Å²) in [5, 5.41) is 4.26. The molecule has 0 aromatic carbocycles. The molecule has 0 amide bonds. The van der Waals surface area contributed by atoms with Crippen molar-refractivity contribution in [1.29, 1.82) is 0 Å². The molecule has 0 spiro atoms. The Labute approximate surface area is 116 Å². The van der Waals surface area contributed by atoms with E-state index in [0.29, 0.717) is 19.1 Å². The van der Waals surface area contributed by atoms with E-state index in [1.54, 1.807) is 6.33 Å². The van der Waals surface area contributed by atoms with Crippen LogP contribution in [0.5, 0.6) is 0 Å². The van der Waals surface area contributed by atoms with Gasteiger partial charge in [0.25, 0.3) is 0 Å². The molecule has 19 heavy (non-hydrogen) atoms. The van der Waals surface area contributed by atoms with Crippen molar-refractivity contribution in [3.05, 3.63) is 12.2 Å². The summed E-state index contributed by atoms with van der Waals surface area (Å²) in [7, 11) is 0. The van der Waals surface area contributed by atoms with Gasteiger partial charge >= 0.3 is 0 Å². The van der Waals surface area contributed by atoms with Crippen LogP contribution in [0.25, 0.3) is 0 Å². The number of rotatable bonds is 8. The van der Waals surface area contributed by atoms with Crippen LogP contribution in [0.4, 0.5) is 0 Å². The second-order valence-electron chi connectivity index (χ2n) is 5.23. The predicted molar refractivity (Wildman–Crippen MR) is 77.0 cm³/mol. The highest BCUT2D eigenvalue weighted by molar-refractivity contribution is 4.98. The van der Waals surface area contributed by atoms with Crippen molar-refractivity contribution in [3.8, 4) is 0 Å². The van der Waals surface area contributed by atoms with Crippen molar-refractivity contribution in [2.75, 3.05) is 6.61 Å². The average Bonchev–Trinajstić information content (AvgIpc) is 2.84. The lowest BCUT2D eigenvalue weighted by Gasteiger charge is -2.37. The first-order valence-corrected chi connectivity index (χ1v) is 7.28. The Balaban J connectivity index is 2.87. The van der Waals surface area contributed by atoms with Crippen LogP contribution in [-0.4, -0.2) is 33.0 Å². The molecule has 0 aliphatic carbocycles. The third-order valence-electron chi connectivity index (χ3n) is 3.84. The summed E-state index contributed by atoms with van der Waals surface area (Å²) in [6, 6.07) is 0.235. The molecule has 0 aliphatic heterocycles. The summed E-state index contributed by atoms with van der Waals surface area (Å²) < 4.78 is 7.89. The maximum absolute atomic E-state index is 6.41. The Hall–Kier alpha value is -0.940. The van der Waals surface area contributed by atoms with Gasteiger partial charge in [0.15, 0.2) is 0 Å². The van der Waals surface area contributed by atoms with Gasteiger partial charge in [0, 0.05) is 25.1 Å². The molecule has 5 nitrogen and oxygen atoms in total. The molecule has 0 fully saturated rings. The molecule has 5 heteroatoms. The second kappa shape index (κ2) is 7.01. The minimum absolute atomic E-state index is 0.0656. The first kappa shape index (κ1) is 16.1. The van der Waals surface area contributed by atoms with E-state index < -0.39 is 0 Å². The van der Waals surface area contributed by atoms with Gasteiger partial charge in [0.1, 0.15) is 12.2 Å². The molecule has 1 aromatic rings. The van der Waals surface area contributed by atoms with Gasteiger partial charge in [0.2, 0.25) is 0 Å². The quantitative estimate of drug-likeness (QED) is 0.786. The van der Waals surface area contributed by atoms with E-state index in [1.165, 1.54) is 0 Å². The molecular weight excluding hydrogens is 240 g/mol. The summed E-state index contributed by atoms with van der Waals surface area (Å²) >= 11 is 0. The summed E-state index contributed by atoms with van der Waals surface area (Å²) in [5.74, 6) is 0.938. The van der Waals surface area contributed by atoms with Gasteiger partial charge in [-0.05, 0) is 33.6 Å². The van der Waals surface area contributed by atoms with Gasteiger partial charge in [-0.25, -0.2) is 9.67 Å². The molecule has 0 saturated heterocycles. The van der Waals surface area contributed by atoms with Gasteiger partial charge in [-0.15, -0.1) is 0 Å². The smallest absolute Gasteiger partial charge is 0.138 e. The second-order valence-corrected chi connectivity index (χ2v) is 5.23. The van der Waals surface area contributed by atoms with Gasteiger partial charge in [-0.3, -0.25) is 0 Å². The van der Waals surface area contributed by atoms with Crippen molar-refractivity contribution < 1.29 is 4.74 Å². The maximum Gasteiger partial charge on any atom is 0.138 e. The van der Waals surface area contributed by atoms with E-state index >= 15 is 0 Å². The van der Waals surface area contributed by atoms with Gasteiger partial charge in [0.05, 0.1) is 5.60 Å². The number of aromatic nitrogens is 3. The fourth-order valence-corrected chi connectivity index (χ4v) is 2.61. The monoisotopic (exact) mass is 268 g/mol. The summed E-state index contributed by atoms with van der Waals surface area (Å²) in [4.78, 5) is 4.34. The topological polar surface area (TPSA) is 66.0 Å². The Morgan fingerprint density at radius 1 is 1.32 bits per heavy atom. The highest BCUT2D eigenvalue weighted by Crippen LogP contribution is 2.26. The van der Waals surface area contributed by atoms with Gasteiger partial charge < -0.3 is 10.5 Å². The lowest BCUT2D eigenvalue weighted by molar-refractivity contribution is -0.0638. The van der Waals surface area contributed by atoms with E-state index in [9.17, 15) is 0 Å². The number of nitrogens with zero attached hydrogens (tertiary/aromatic N) is 3. The van der Waals surface area contributed by atoms with E-state index in [4.69, 9.17) is 10.5 Å². The Bertz CT molecular complexity index is 371. The molecular formula is C14H28N4O. The number of hydrogen-bond acceptors (Lipinski definition) is 4. The van der Waals surface area contributed by atoms with E-state index in [1.807, 2.05) is 11.6 Å². The predicted octanol–water partition coefficient (Wildman–Crippen LogP) is 2.32. The molecule has 0 radical (unpaired) electrons. The zero-order valence-electron chi connectivity index (χ0n) is 12.9. The summed E-state index contributed by atoms with van der Waals surface area (Å²) in [6.07, 6.45) is 4.12. The highest BCUT2D eigenvalue weighted by Gasteiger charge is 2.35. The first-order chi connectivity index (χ1) is 9.00. The van der Waals surface area contributed by atoms with Crippen LogP contribution in [0, 0.1) is 0 Å². The van der Waals surface area contributed by atoms with E-state index in [2.05, 4.69) is 37.8 Å². The molecule has 1 unspecified atom stereocenters. The maximum atomic E-state index is 6.41. The minimum Gasteiger partial charge on any atom is -0.374 e. The van der Waals surface area contributed by atoms with Crippen LogP contribution >= 0.6 is 0 Å². The Kier molecular flexibility index (Phi) is 5.94. The number of ether oxygens (including phenoxy) is 1. The van der Waals surface area contributed by atoms with Gasteiger partial charge in [-0.1, -0.05) is 13.8 Å². The van der Waals surface area contributed by atoms with Crippen molar-refractivity contribution in [1.82, 2.24) is 14.8 Å². The third-order valence-corrected chi connectivity index (χ3v) is 3.84. The van der Waals surface area contributed by atoms with E-state index in [-0.39, 0.29) is 11.6 Å². The standard InChI is InChI=1S/C14H28N4O/c1-6-14(7-2,19-8-3)12(15)9-13-16-10-17-18(13)11(4)5/h10-12H,6-9,15H2,1-5H3. The summed E-state index contributed by atoms with van der Waals surface area (Å²) in [5.41, 5.74) is 6.15. The first-order valence-electron chi connectivity index (χ1n) is 7.28. The zero-order valence-corrected chi connectivity index (χ0v) is 12.9. The number of hydrogen-bond donors (Lipinski definition) is 1. The van der Waals surface area contributed by atoms with Gasteiger partial charge in [-0.2, -0.15) is 5.10 Å². The SMILES string of the molecule is CCOC(CC)(CC)C(N)Cc1ncnn1C(C)C.